The van der Waals surface area contributed by atoms with Gasteiger partial charge in [-0.2, -0.15) is 0 Å². The highest BCUT2D eigenvalue weighted by Crippen LogP contribution is 2.61. The number of aliphatic hydroxyl groups excluding tert-OH is 1. The van der Waals surface area contributed by atoms with E-state index in [2.05, 4.69) is 29.1 Å². The number of hydrogen-bond donors (Lipinski definition) is 1. The first kappa shape index (κ1) is 38.8. The number of alkyl halides is 1. The number of carbonyl (C=O) groups is 4. The number of hydrogen-bond acceptors (Lipinski definition) is 7. The molecule has 270 valence electrons. The molecule has 9 atom stereocenters. The average Bonchev–Trinajstić information content (AvgIpc) is 3.65. The largest absolute Gasteiger partial charge is 0.455 e. The van der Waals surface area contributed by atoms with Gasteiger partial charge in [-0.05, 0) is 58.4 Å². The zero-order valence-electron chi connectivity index (χ0n) is 30.0. The van der Waals surface area contributed by atoms with Gasteiger partial charge in [-0.1, -0.05) is 72.3 Å². The average molecular weight is 745 g/mol. The van der Waals surface area contributed by atoms with E-state index in [0.29, 0.717) is 24.8 Å². The highest BCUT2D eigenvalue weighted by Gasteiger charge is 2.77. The molecule has 0 saturated carbocycles. The van der Waals surface area contributed by atoms with Crippen molar-refractivity contribution in [3.05, 3.63) is 61.2 Å². The monoisotopic (exact) mass is 743 g/mol. The molecular weight excluding hydrogens is 690 g/mol. The van der Waals surface area contributed by atoms with Crippen molar-refractivity contribution in [1.82, 2.24) is 14.7 Å². The number of rotatable bonds is 15. The van der Waals surface area contributed by atoms with Crippen LogP contribution in [0, 0.1) is 17.8 Å². The molecule has 1 unspecified atom stereocenters. The molecule has 1 spiro atoms. The third-order valence-electron chi connectivity index (χ3n) is 10.3. The number of allylic oxidation sites excluding steroid dienone is 1. The van der Waals surface area contributed by atoms with Crippen molar-refractivity contribution in [3.8, 4) is 0 Å². The van der Waals surface area contributed by atoms with E-state index in [1.165, 1.54) is 4.90 Å². The van der Waals surface area contributed by atoms with E-state index in [4.69, 9.17) is 9.47 Å². The number of likely N-dealkylation sites (N-methyl/N-ethyl adjacent to an activating group) is 1. The minimum atomic E-state index is -1.32. The summed E-state index contributed by atoms with van der Waals surface area (Å²) in [6, 6.07) is 6.97. The number of esters is 1. The van der Waals surface area contributed by atoms with Crippen LogP contribution >= 0.6 is 15.9 Å². The van der Waals surface area contributed by atoms with Gasteiger partial charge in [0.2, 0.25) is 17.7 Å². The van der Waals surface area contributed by atoms with Crippen LogP contribution in [0.5, 0.6) is 0 Å². The summed E-state index contributed by atoms with van der Waals surface area (Å²) in [5.41, 5.74) is -1.23. The van der Waals surface area contributed by atoms with Gasteiger partial charge in [0.05, 0.1) is 36.6 Å². The summed E-state index contributed by atoms with van der Waals surface area (Å²) in [6.07, 6.45) is 3.36. The minimum Gasteiger partial charge on any atom is -0.455 e. The van der Waals surface area contributed by atoms with Crippen molar-refractivity contribution in [1.29, 1.82) is 0 Å². The summed E-state index contributed by atoms with van der Waals surface area (Å²) in [4.78, 5) is 61.6. The normalized spacial score (nSPS) is 27.8. The summed E-state index contributed by atoms with van der Waals surface area (Å²) >= 11 is 3.75. The second-order valence-electron chi connectivity index (χ2n) is 15.1. The lowest BCUT2D eigenvalue weighted by Gasteiger charge is -2.43. The van der Waals surface area contributed by atoms with Gasteiger partial charge in [-0.25, -0.2) is 0 Å². The molecule has 3 aliphatic rings. The Hall–Kier alpha value is -3.02. The molecule has 3 fully saturated rings. The number of nitrogens with zero attached hydrogens (tertiary/aromatic N) is 3. The molecule has 1 N–H and O–H groups in total. The number of benzene rings is 1. The van der Waals surface area contributed by atoms with Gasteiger partial charge >= 0.3 is 5.97 Å². The number of likely N-dealkylation sites (tertiary alicyclic amines) is 1. The number of amides is 3. The predicted octanol–water partition coefficient (Wildman–Crippen LogP) is 5.05. The molecule has 3 aliphatic heterocycles. The Bertz CT molecular complexity index is 1400. The quantitative estimate of drug-likeness (QED) is 0.152. The Morgan fingerprint density at radius 3 is 2.37 bits per heavy atom. The van der Waals surface area contributed by atoms with Crippen LogP contribution in [0.1, 0.15) is 78.9 Å². The smallest absolute Gasteiger partial charge is 0.313 e. The molecule has 11 heteroatoms. The second-order valence-corrected chi connectivity index (χ2v) is 16.3. The lowest BCUT2D eigenvalue weighted by atomic mass is 9.70. The first-order chi connectivity index (χ1) is 23.0. The summed E-state index contributed by atoms with van der Waals surface area (Å²) in [5.74, 6) is -3.35. The molecule has 10 nitrogen and oxygen atoms in total. The lowest BCUT2D eigenvalue weighted by Crippen LogP contribution is -2.62. The van der Waals surface area contributed by atoms with Crippen molar-refractivity contribution < 1.29 is 33.8 Å². The minimum absolute atomic E-state index is 0.113. The van der Waals surface area contributed by atoms with Gasteiger partial charge in [0, 0.05) is 30.4 Å². The molecular formula is C38H54BrN3O7. The van der Waals surface area contributed by atoms with Crippen LogP contribution in [-0.2, 0) is 28.7 Å². The van der Waals surface area contributed by atoms with Crippen molar-refractivity contribution >= 4 is 39.6 Å². The Morgan fingerprint density at radius 2 is 1.82 bits per heavy atom. The number of fused-ring (bicyclic) bond motifs is 1. The van der Waals surface area contributed by atoms with Crippen LogP contribution in [0.2, 0.25) is 0 Å². The molecule has 3 saturated heterocycles. The van der Waals surface area contributed by atoms with E-state index in [9.17, 15) is 24.3 Å². The predicted molar refractivity (Wildman–Crippen MR) is 191 cm³/mol. The summed E-state index contributed by atoms with van der Waals surface area (Å²) in [7, 11) is 1.69. The molecule has 2 bridgehead atoms. The van der Waals surface area contributed by atoms with Crippen LogP contribution in [0.25, 0.3) is 0 Å². The highest BCUT2D eigenvalue weighted by atomic mass is 79.9. The van der Waals surface area contributed by atoms with Crippen LogP contribution in [0.15, 0.2) is 55.6 Å². The van der Waals surface area contributed by atoms with Crippen molar-refractivity contribution in [2.45, 2.75) is 114 Å². The Kier molecular flexibility index (Phi) is 12.2. The number of aliphatic hydroxyl groups is 1. The first-order valence-electron chi connectivity index (χ1n) is 17.3. The number of halogens is 1. The van der Waals surface area contributed by atoms with Crippen LogP contribution in [0.3, 0.4) is 0 Å². The fourth-order valence-corrected chi connectivity index (χ4v) is 8.87. The standard InChI is InChI=1S/C38H54BrN3O7/c1-10-12-18-28(44)40(9)24(5)31(25-16-14-13-15-17-25)48-36(47)29-30-34(45)42(26(22-43)20-23(3)4)33(38(30)21-27(39)32(29)49-38)35(46)41(19-11-2)37(6,7)8/h10-11,13-17,23-24,26-27,29-33,43H,1-2,12,18-22H2,3-9H3/t24-,26-,27?,29-,30+,31+,32-,33-,38+/m1/s1. The molecule has 4 rings (SSSR count). The molecule has 1 aromatic rings. The summed E-state index contributed by atoms with van der Waals surface area (Å²) < 4.78 is 13.1. The van der Waals surface area contributed by atoms with Crippen LogP contribution in [-0.4, -0.2) is 104 Å². The Morgan fingerprint density at radius 1 is 1.16 bits per heavy atom. The summed E-state index contributed by atoms with van der Waals surface area (Å²) in [5, 5.41) is 10.7. The van der Waals surface area contributed by atoms with Crippen molar-refractivity contribution in [3.63, 3.8) is 0 Å². The van der Waals surface area contributed by atoms with Crippen molar-refractivity contribution in [2.24, 2.45) is 17.8 Å². The van der Waals surface area contributed by atoms with Gasteiger partial charge in [0.15, 0.2) is 0 Å². The molecule has 3 amide bonds. The fraction of sp³-hybridized carbons (Fsp3) is 0.632. The number of carbonyl (C=O) groups excluding carboxylic acids is 4. The fourth-order valence-electron chi connectivity index (χ4n) is 7.92. The van der Waals surface area contributed by atoms with Gasteiger partial charge in [-0.15, -0.1) is 13.2 Å². The number of ether oxygens (including phenoxy) is 2. The van der Waals surface area contributed by atoms with Gasteiger partial charge in [0.25, 0.3) is 0 Å². The third-order valence-corrected chi connectivity index (χ3v) is 11.2. The van der Waals surface area contributed by atoms with Crippen LogP contribution in [0.4, 0.5) is 0 Å². The van der Waals surface area contributed by atoms with Crippen LogP contribution < -0.4 is 0 Å². The second kappa shape index (κ2) is 15.5. The van der Waals surface area contributed by atoms with E-state index in [1.807, 2.05) is 71.9 Å². The molecule has 3 heterocycles. The lowest BCUT2D eigenvalue weighted by molar-refractivity contribution is -0.165. The maximum Gasteiger partial charge on any atom is 0.313 e. The molecule has 0 aliphatic carbocycles. The van der Waals surface area contributed by atoms with Gasteiger partial charge < -0.3 is 29.3 Å². The van der Waals surface area contributed by atoms with E-state index >= 15 is 0 Å². The van der Waals surface area contributed by atoms with E-state index in [-0.39, 0.29) is 42.1 Å². The van der Waals surface area contributed by atoms with E-state index in [0.717, 1.165) is 0 Å². The zero-order chi connectivity index (χ0) is 36.4. The highest BCUT2D eigenvalue weighted by molar-refractivity contribution is 9.09. The van der Waals surface area contributed by atoms with Gasteiger partial charge in [0.1, 0.15) is 17.7 Å². The van der Waals surface area contributed by atoms with E-state index in [1.54, 1.807) is 29.0 Å². The first-order valence-corrected chi connectivity index (χ1v) is 18.3. The molecule has 1 aromatic carbocycles. The molecule has 0 aromatic heterocycles. The zero-order valence-corrected chi connectivity index (χ0v) is 31.6. The van der Waals surface area contributed by atoms with Crippen molar-refractivity contribution in [2.75, 3.05) is 20.2 Å². The topological polar surface area (TPSA) is 117 Å². The molecule has 49 heavy (non-hydrogen) atoms. The Balaban J connectivity index is 1.78. The molecule has 0 radical (unpaired) electrons. The maximum absolute atomic E-state index is 14.8. The summed E-state index contributed by atoms with van der Waals surface area (Å²) in [6.45, 7) is 19.1. The SMILES string of the molecule is C=CCCC(=O)N(C)[C@H](C)[C@H](OC(=O)[C@H]1[C@@H]2O[C@@]3(CC2Br)[C@@H]1C(=O)N([C@@H](CO)CC(C)C)[C@@H]3C(=O)N(CC=C)C(C)(C)C)c1ccccc1. The Labute approximate surface area is 300 Å². The maximum atomic E-state index is 14.8. The third kappa shape index (κ3) is 7.40. The van der Waals surface area contributed by atoms with E-state index < -0.39 is 65.2 Å². The van der Waals surface area contributed by atoms with Gasteiger partial charge in [-0.3, -0.25) is 19.2 Å².